The molecule has 1 aromatic rings. The topological polar surface area (TPSA) is 143 Å². The summed E-state index contributed by atoms with van der Waals surface area (Å²) in [5.41, 5.74) is 1.42. The Hall–Kier alpha value is -2.17. The second kappa shape index (κ2) is 20.3. The first-order valence-electron chi connectivity index (χ1n) is 22.8. The summed E-state index contributed by atoms with van der Waals surface area (Å²) in [6, 6.07) is 7.36. The van der Waals surface area contributed by atoms with Gasteiger partial charge in [-0.15, -0.1) is 0 Å². The largest absolute Gasteiger partial charge is 0.462 e. The van der Waals surface area contributed by atoms with Gasteiger partial charge in [0.05, 0.1) is 43.0 Å². The number of Topliss-reactive ketones (excluding diaryl/α,β-unsaturated/α-hetero) is 1. The summed E-state index contributed by atoms with van der Waals surface area (Å²) in [5.74, 6) is -2.05. The highest BCUT2D eigenvalue weighted by Crippen LogP contribution is 2.57. The minimum absolute atomic E-state index is 0.00704. The molecule has 6 aliphatic rings. The third-order valence-electron chi connectivity index (χ3n) is 15.1. The average Bonchev–Trinajstić information content (AvgIpc) is 3.82. The van der Waals surface area contributed by atoms with E-state index in [1.54, 1.807) is 21.3 Å². The summed E-state index contributed by atoms with van der Waals surface area (Å²) in [5, 5.41) is 17.0. The molecule has 1 aromatic carbocycles. The molecule has 5 fully saturated rings. The van der Waals surface area contributed by atoms with Crippen LogP contribution in [0.4, 0.5) is 5.69 Å². The summed E-state index contributed by atoms with van der Waals surface area (Å²) in [6.45, 7) is 8.03. The standard InChI is InChI=1S/C47H71ClN2O11/c1-10-29-12-11-13-37(61-39-19-18-36(50(5)6)25(3)57-39)24(2)42(52)35-22-32-31-20-30(60-47-46(56-9)45(55-8)44(54-7)26(4)58-47)21-34(31)41(49-28-16-14-27(48)15-17-28)43(53)40(32)33(35)23-38(51)59-29/h14-17,22,24-26,29-34,36-37,39-41,43-47,49,53H,10-13,18-21,23H2,1-9H3/t24-,25?,26?,29+,30+,31+,32+,33-,34-,36+,37+,39+,40-,41+,43+,44+,45?,46+,47+/m1/s1. The highest BCUT2D eigenvalue weighted by molar-refractivity contribution is 6.30. The molecule has 342 valence electrons. The second-order valence-electron chi connectivity index (χ2n) is 18.8. The van der Waals surface area contributed by atoms with Crippen molar-refractivity contribution in [2.24, 2.45) is 35.5 Å². The third-order valence-corrected chi connectivity index (χ3v) is 15.3. The lowest BCUT2D eigenvalue weighted by molar-refractivity contribution is -0.314. The Morgan fingerprint density at radius 3 is 2.23 bits per heavy atom. The van der Waals surface area contributed by atoms with E-state index in [-0.39, 0.29) is 72.6 Å². The number of cyclic esters (lactones) is 1. The smallest absolute Gasteiger partial charge is 0.306 e. The molecule has 3 unspecified atom stereocenters. The van der Waals surface area contributed by atoms with Crippen molar-refractivity contribution in [2.75, 3.05) is 40.7 Å². The van der Waals surface area contributed by atoms with Gasteiger partial charge in [-0.05, 0) is 127 Å². The maximum atomic E-state index is 15.1. The molecular formula is C47H71ClN2O11. The third kappa shape index (κ3) is 9.92. The van der Waals surface area contributed by atoms with E-state index in [1.165, 1.54) is 0 Å². The van der Waals surface area contributed by atoms with Crippen LogP contribution in [-0.2, 0) is 47.5 Å². The van der Waals surface area contributed by atoms with E-state index in [4.69, 9.17) is 49.5 Å². The normalized spacial score (nSPS) is 43.3. The molecule has 0 bridgehead atoms. The van der Waals surface area contributed by atoms with Crippen LogP contribution in [0.3, 0.4) is 0 Å². The van der Waals surface area contributed by atoms with Crippen LogP contribution in [0.2, 0.25) is 5.02 Å². The zero-order valence-corrected chi connectivity index (χ0v) is 38.3. The summed E-state index contributed by atoms with van der Waals surface area (Å²) in [4.78, 5) is 31.2. The van der Waals surface area contributed by atoms with Gasteiger partial charge in [0.25, 0.3) is 0 Å². The first-order valence-corrected chi connectivity index (χ1v) is 23.2. The molecule has 13 nitrogen and oxygen atoms in total. The molecule has 7 rings (SSSR count). The number of halogens is 1. The second-order valence-corrected chi connectivity index (χ2v) is 19.2. The minimum atomic E-state index is -0.906. The zero-order valence-electron chi connectivity index (χ0n) is 37.6. The highest BCUT2D eigenvalue weighted by Gasteiger charge is 2.60. The van der Waals surface area contributed by atoms with Gasteiger partial charge in [-0.1, -0.05) is 31.5 Å². The number of allylic oxidation sites excluding steroid dienone is 2. The Balaban J connectivity index is 1.20. The number of carbonyl (C=O) groups is 2. The molecule has 14 heteroatoms. The first-order chi connectivity index (χ1) is 29.3. The number of carbonyl (C=O) groups excluding carboxylic acids is 2. The molecule has 61 heavy (non-hydrogen) atoms. The summed E-state index contributed by atoms with van der Waals surface area (Å²) in [6.07, 6.45) is 3.29. The van der Waals surface area contributed by atoms with E-state index in [2.05, 4.69) is 37.3 Å². The van der Waals surface area contributed by atoms with E-state index in [0.717, 1.165) is 24.9 Å². The lowest BCUT2D eigenvalue weighted by Gasteiger charge is -2.47. The molecule has 0 spiro atoms. The number of fused-ring (bicyclic) bond motifs is 5. The highest BCUT2D eigenvalue weighted by atomic mass is 35.5. The Bertz CT molecular complexity index is 1660. The van der Waals surface area contributed by atoms with Gasteiger partial charge >= 0.3 is 5.97 Å². The van der Waals surface area contributed by atoms with E-state index >= 15 is 4.79 Å². The average molecular weight is 876 g/mol. The van der Waals surface area contributed by atoms with Crippen LogP contribution in [0.15, 0.2) is 35.9 Å². The van der Waals surface area contributed by atoms with Crippen LogP contribution in [-0.4, -0.2) is 137 Å². The number of nitrogens with one attached hydrogen (secondary N) is 1. The van der Waals surface area contributed by atoms with Crippen LogP contribution in [0.25, 0.3) is 0 Å². The van der Waals surface area contributed by atoms with E-state index < -0.39 is 54.7 Å². The van der Waals surface area contributed by atoms with Gasteiger partial charge in [0.1, 0.15) is 24.4 Å². The number of methoxy groups -OCH3 is 3. The van der Waals surface area contributed by atoms with Crippen molar-refractivity contribution >= 4 is 29.0 Å². The van der Waals surface area contributed by atoms with Crippen molar-refractivity contribution in [3.8, 4) is 0 Å². The summed E-state index contributed by atoms with van der Waals surface area (Å²) in [7, 11) is 9.05. The number of hydrogen-bond donors (Lipinski definition) is 2. The number of hydrogen-bond acceptors (Lipinski definition) is 13. The maximum Gasteiger partial charge on any atom is 0.306 e. The lowest BCUT2D eigenvalue weighted by atomic mass is 9.62. The Labute approximate surface area is 367 Å². The molecule has 19 atom stereocenters. The number of likely N-dealkylation sites (N-methyl/N-ethyl adjacent to an activating group) is 1. The molecule has 3 aliphatic heterocycles. The molecule has 2 saturated carbocycles. The predicted octanol–water partition coefficient (Wildman–Crippen LogP) is 6.43. The Kier molecular flexibility index (Phi) is 15.6. The first kappa shape index (κ1) is 46.8. The van der Waals surface area contributed by atoms with E-state index in [9.17, 15) is 9.90 Å². The van der Waals surface area contributed by atoms with Gasteiger partial charge in [-0.25, -0.2) is 0 Å². The fourth-order valence-electron chi connectivity index (χ4n) is 11.9. The molecule has 0 radical (unpaired) electrons. The molecular weight excluding hydrogens is 804 g/mol. The number of ether oxygens (including phenoxy) is 8. The van der Waals surface area contributed by atoms with Gasteiger partial charge < -0.3 is 53.2 Å². The SMILES string of the molecule is CC[C@H]1CCC[C@H](O[C@H]2CC[C@H](N(C)C)C(C)O2)[C@@H](C)C(=O)C2=C[C@H]3[C@@H]4C[C@H](O[C@@H]5OC(C)[C@H](OC)C(OC)[C@@H]5OC)C[C@H]4[C@H](Nc4ccc(Cl)cc4)[C@@H](O)[C@H]3[C@@H]2CC(=O)O1. The molecule has 2 N–H and O–H groups in total. The number of aliphatic hydroxyl groups is 1. The van der Waals surface area contributed by atoms with Crippen LogP contribution in [0.5, 0.6) is 0 Å². The fraction of sp³-hybridized carbons (Fsp3) is 0.787. The van der Waals surface area contributed by atoms with Gasteiger partial charge in [0.15, 0.2) is 18.4 Å². The van der Waals surface area contributed by atoms with Crippen molar-refractivity contribution < 1.29 is 52.6 Å². The summed E-state index contributed by atoms with van der Waals surface area (Å²) < 4.78 is 50.2. The van der Waals surface area contributed by atoms with Crippen molar-refractivity contribution in [3.05, 3.63) is 40.9 Å². The minimum Gasteiger partial charge on any atom is -0.462 e. The number of esters is 1. The quantitative estimate of drug-likeness (QED) is 0.236. The van der Waals surface area contributed by atoms with Crippen molar-refractivity contribution in [1.29, 1.82) is 0 Å². The van der Waals surface area contributed by atoms with Crippen molar-refractivity contribution in [3.63, 3.8) is 0 Å². The fourth-order valence-corrected chi connectivity index (χ4v) is 12.1. The monoisotopic (exact) mass is 874 g/mol. The van der Waals surface area contributed by atoms with Gasteiger partial charge in [0, 0.05) is 55.8 Å². The van der Waals surface area contributed by atoms with Crippen molar-refractivity contribution in [2.45, 2.75) is 165 Å². The predicted molar refractivity (Wildman–Crippen MR) is 230 cm³/mol. The van der Waals surface area contributed by atoms with Gasteiger partial charge in [0.2, 0.25) is 0 Å². The number of anilines is 1. The maximum absolute atomic E-state index is 15.1. The van der Waals surface area contributed by atoms with Gasteiger partial charge in [-0.3, -0.25) is 9.59 Å². The Morgan fingerprint density at radius 1 is 0.869 bits per heavy atom. The molecule has 3 heterocycles. The summed E-state index contributed by atoms with van der Waals surface area (Å²) >= 11 is 6.30. The van der Waals surface area contributed by atoms with Crippen LogP contribution in [0.1, 0.15) is 85.5 Å². The van der Waals surface area contributed by atoms with E-state index in [0.29, 0.717) is 48.7 Å². The molecule has 3 saturated heterocycles. The Morgan fingerprint density at radius 2 is 1.57 bits per heavy atom. The molecule has 0 aromatic heterocycles. The van der Waals surface area contributed by atoms with Crippen LogP contribution < -0.4 is 5.32 Å². The lowest BCUT2D eigenvalue weighted by Crippen LogP contribution is -2.59. The van der Waals surface area contributed by atoms with Crippen LogP contribution >= 0.6 is 11.6 Å². The van der Waals surface area contributed by atoms with Crippen LogP contribution in [0, 0.1) is 35.5 Å². The van der Waals surface area contributed by atoms with Crippen molar-refractivity contribution in [1.82, 2.24) is 4.90 Å². The number of ketones is 1. The van der Waals surface area contributed by atoms with Gasteiger partial charge in [-0.2, -0.15) is 0 Å². The van der Waals surface area contributed by atoms with E-state index in [1.807, 2.05) is 45.0 Å². The molecule has 3 aliphatic carbocycles. The number of rotatable bonds is 11. The number of benzene rings is 1. The number of nitrogens with zero attached hydrogens (tertiary/aromatic N) is 1. The zero-order chi connectivity index (χ0) is 43.7. The molecule has 0 amide bonds. The number of aliphatic hydroxyl groups excluding tert-OH is 1.